The van der Waals surface area contributed by atoms with E-state index in [2.05, 4.69) is 55.6 Å². The Hall–Kier alpha value is -0.820. The minimum Gasteiger partial charge on any atom is -0.317 e. The fraction of sp³-hybridized carbons (Fsp3) is 0.897. The molecule has 0 fully saturated rings. The summed E-state index contributed by atoms with van der Waals surface area (Å²) in [4.78, 5) is 0. The topological polar surface area (TPSA) is 12.0 Å². The smallest absolute Gasteiger partial charge is 0.00489 e. The zero-order valence-electron chi connectivity index (χ0n) is 41.3. The molecule has 1 heteroatoms. The lowest BCUT2D eigenvalue weighted by Crippen LogP contribution is -2.16. The van der Waals surface area contributed by atoms with E-state index in [1.54, 1.807) is 0 Å². The molecule has 0 radical (unpaired) electrons. The van der Waals surface area contributed by atoms with Crippen LogP contribution < -0.4 is 5.32 Å². The summed E-state index contributed by atoms with van der Waals surface area (Å²) in [5.41, 5.74) is 0. The molecule has 0 heterocycles. The molecular weight excluding hydrogens is 711 g/mol. The lowest BCUT2D eigenvalue weighted by molar-refractivity contribution is 0.524. The zero-order valence-corrected chi connectivity index (χ0v) is 41.3. The summed E-state index contributed by atoms with van der Waals surface area (Å²) in [6, 6.07) is 0. The van der Waals surface area contributed by atoms with Gasteiger partial charge in [0, 0.05) is 0 Å². The van der Waals surface area contributed by atoms with Crippen LogP contribution in [0.3, 0.4) is 0 Å². The summed E-state index contributed by atoms with van der Waals surface area (Å²) >= 11 is 0. The molecule has 59 heavy (non-hydrogen) atoms. The van der Waals surface area contributed by atoms with Crippen LogP contribution in [0.5, 0.6) is 0 Å². The highest BCUT2D eigenvalue weighted by Gasteiger charge is 1.97. The van der Waals surface area contributed by atoms with Gasteiger partial charge in [0.1, 0.15) is 0 Å². The molecule has 1 nitrogen and oxygen atoms in total. The van der Waals surface area contributed by atoms with Crippen LogP contribution in [-0.2, 0) is 0 Å². The maximum atomic E-state index is 3.69. The minimum absolute atomic E-state index is 1.23. The van der Waals surface area contributed by atoms with E-state index in [0.29, 0.717) is 0 Å². The number of rotatable bonds is 53. The Morgan fingerprint density at radius 3 is 0.525 bits per heavy atom. The van der Waals surface area contributed by atoms with E-state index in [-0.39, 0.29) is 0 Å². The Morgan fingerprint density at radius 2 is 0.339 bits per heavy atom. The third-order valence-corrected chi connectivity index (χ3v) is 12.9. The summed E-state index contributed by atoms with van der Waals surface area (Å²) in [6.07, 6.45) is 82.8. The van der Waals surface area contributed by atoms with Gasteiger partial charge in [-0.05, 0) is 103 Å². The third kappa shape index (κ3) is 57.2. The van der Waals surface area contributed by atoms with Gasteiger partial charge < -0.3 is 5.32 Å². The minimum atomic E-state index is 1.23. The van der Waals surface area contributed by atoms with Gasteiger partial charge in [0.05, 0.1) is 0 Å². The van der Waals surface area contributed by atoms with Crippen molar-refractivity contribution in [1.82, 2.24) is 5.32 Å². The van der Waals surface area contributed by atoms with E-state index in [4.69, 9.17) is 0 Å². The summed E-state index contributed by atoms with van der Waals surface area (Å²) in [5.74, 6) is 0. The van der Waals surface area contributed by atoms with Crippen molar-refractivity contribution in [3.63, 3.8) is 0 Å². The molecule has 0 aromatic carbocycles. The molecule has 0 atom stereocenters. The lowest BCUT2D eigenvalue weighted by atomic mass is 10.0. The lowest BCUT2D eigenvalue weighted by Gasteiger charge is -2.05. The molecule has 0 unspecified atom stereocenters. The molecule has 0 spiro atoms. The maximum Gasteiger partial charge on any atom is -0.00489 e. The highest BCUT2D eigenvalue weighted by Crippen LogP contribution is 2.16. The summed E-state index contributed by atoms with van der Waals surface area (Å²) in [7, 11) is 0. The van der Waals surface area contributed by atoms with Gasteiger partial charge in [0.2, 0.25) is 0 Å². The van der Waals surface area contributed by atoms with Gasteiger partial charge in [0.15, 0.2) is 0 Å². The summed E-state index contributed by atoms with van der Waals surface area (Å²) < 4.78 is 0. The van der Waals surface area contributed by atoms with Gasteiger partial charge in [-0.2, -0.15) is 0 Å². The molecule has 0 aromatic heterocycles. The van der Waals surface area contributed by atoms with Gasteiger partial charge in [-0.15, -0.1) is 0 Å². The molecule has 0 saturated heterocycles. The van der Waals surface area contributed by atoms with Gasteiger partial charge >= 0.3 is 0 Å². The second-order valence-electron chi connectivity index (χ2n) is 19.0. The Kier molecular flexibility index (Phi) is 56.4. The molecule has 0 aliphatic heterocycles. The van der Waals surface area contributed by atoms with Crippen LogP contribution in [0.4, 0.5) is 0 Å². The number of allylic oxidation sites excluding steroid dienone is 6. The van der Waals surface area contributed by atoms with Crippen LogP contribution in [0.2, 0.25) is 0 Å². The molecule has 350 valence electrons. The van der Waals surface area contributed by atoms with Crippen LogP contribution in [0.15, 0.2) is 36.5 Å². The first-order chi connectivity index (χ1) is 29.4. The molecule has 0 aliphatic rings. The molecule has 0 bridgehead atoms. The van der Waals surface area contributed by atoms with Crippen molar-refractivity contribution in [2.75, 3.05) is 13.1 Å². The van der Waals surface area contributed by atoms with Crippen molar-refractivity contribution in [2.45, 2.75) is 322 Å². The number of hydrogen-bond acceptors (Lipinski definition) is 1. The largest absolute Gasteiger partial charge is 0.317 e. The predicted octanol–water partition coefficient (Wildman–Crippen LogP) is 21.0. The normalized spacial score (nSPS) is 12.1. The standard InChI is InChI=1S/C58H113N/c1-3-5-7-9-11-13-15-17-19-21-22-23-24-25-26-27-28-29-30-31-32-33-34-35-36-37-38-39-40-41-42-44-46-48-50-52-54-56-58-59-57-55-53-51-49-47-45-43-20-18-16-14-12-10-8-6-4-2/h17-20,41-42,59H,3-16,21-40,43-58H2,1-2H3/b19-17-,20-18+,42-41-. The van der Waals surface area contributed by atoms with E-state index in [1.807, 2.05) is 0 Å². The van der Waals surface area contributed by atoms with Crippen molar-refractivity contribution >= 4 is 0 Å². The molecule has 0 aliphatic carbocycles. The van der Waals surface area contributed by atoms with Crippen molar-refractivity contribution in [3.8, 4) is 0 Å². The average Bonchev–Trinajstić information content (AvgIpc) is 3.25. The predicted molar refractivity (Wildman–Crippen MR) is 273 cm³/mol. The first-order valence-corrected chi connectivity index (χ1v) is 28.1. The number of unbranched alkanes of at least 4 members (excludes halogenated alkanes) is 43. The highest BCUT2D eigenvalue weighted by molar-refractivity contribution is 4.82. The average molecular weight is 825 g/mol. The maximum absolute atomic E-state index is 3.69. The number of nitrogens with one attached hydrogen (secondary N) is 1. The van der Waals surface area contributed by atoms with Crippen molar-refractivity contribution in [3.05, 3.63) is 36.5 Å². The molecule has 0 saturated carbocycles. The second-order valence-corrected chi connectivity index (χ2v) is 19.0. The van der Waals surface area contributed by atoms with E-state index in [0.717, 1.165) is 0 Å². The van der Waals surface area contributed by atoms with Crippen LogP contribution in [-0.4, -0.2) is 13.1 Å². The molecule has 0 aromatic rings. The van der Waals surface area contributed by atoms with Crippen LogP contribution >= 0.6 is 0 Å². The van der Waals surface area contributed by atoms with Gasteiger partial charge in [0.25, 0.3) is 0 Å². The van der Waals surface area contributed by atoms with Crippen LogP contribution in [0, 0.1) is 0 Å². The molecule has 0 amide bonds. The third-order valence-electron chi connectivity index (χ3n) is 12.9. The molecule has 0 rings (SSSR count). The van der Waals surface area contributed by atoms with Crippen LogP contribution in [0.1, 0.15) is 322 Å². The fourth-order valence-electron chi connectivity index (χ4n) is 8.71. The summed E-state index contributed by atoms with van der Waals surface area (Å²) in [5, 5.41) is 3.69. The fourth-order valence-corrected chi connectivity index (χ4v) is 8.71. The Morgan fingerprint density at radius 1 is 0.186 bits per heavy atom. The van der Waals surface area contributed by atoms with Gasteiger partial charge in [-0.25, -0.2) is 0 Å². The Labute approximate surface area is 375 Å². The first-order valence-electron chi connectivity index (χ1n) is 28.1. The Bertz CT molecular complexity index is 793. The van der Waals surface area contributed by atoms with E-state index >= 15 is 0 Å². The quantitative estimate of drug-likeness (QED) is 0.0476. The van der Waals surface area contributed by atoms with Gasteiger partial charge in [-0.3, -0.25) is 0 Å². The number of hydrogen-bond donors (Lipinski definition) is 1. The Balaban J connectivity index is 3.13. The van der Waals surface area contributed by atoms with Crippen molar-refractivity contribution in [1.29, 1.82) is 0 Å². The SMILES string of the molecule is CCCCCCCC/C=C\CCCCCCCCCCCCCCCCCCCC/C=C\CCCCCCCCNCCCCCCCC/C=C/CCCCCCCC. The van der Waals surface area contributed by atoms with Gasteiger partial charge in [-0.1, -0.05) is 269 Å². The highest BCUT2D eigenvalue weighted by atomic mass is 14.8. The van der Waals surface area contributed by atoms with E-state index < -0.39 is 0 Å². The first kappa shape index (κ1) is 58.2. The van der Waals surface area contributed by atoms with Crippen molar-refractivity contribution in [2.24, 2.45) is 0 Å². The van der Waals surface area contributed by atoms with E-state index in [1.165, 1.54) is 321 Å². The van der Waals surface area contributed by atoms with Crippen LogP contribution in [0.25, 0.3) is 0 Å². The molecular formula is C58H113N. The summed E-state index contributed by atoms with van der Waals surface area (Å²) in [6.45, 7) is 7.06. The second kappa shape index (κ2) is 57.2. The molecule has 1 N–H and O–H groups in total. The zero-order chi connectivity index (χ0) is 42.3. The van der Waals surface area contributed by atoms with E-state index in [9.17, 15) is 0 Å². The monoisotopic (exact) mass is 824 g/mol. The van der Waals surface area contributed by atoms with Crippen molar-refractivity contribution < 1.29 is 0 Å².